The maximum atomic E-state index is 12.1. The molecule has 0 amide bonds. The molecule has 2 aromatic carbocycles. The Bertz CT molecular complexity index is 881. The zero-order valence-electron chi connectivity index (χ0n) is 13.7. The third-order valence-corrected chi connectivity index (χ3v) is 3.40. The van der Waals surface area contributed by atoms with Crippen molar-refractivity contribution in [3.8, 4) is 11.5 Å². The van der Waals surface area contributed by atoms with Gasteiger partial charge in [-0.15, -0.1) is 0 Å². The molecule has 0 saturated heterocycles. The fourth-order valence-electron chi connectivity index (χ4n) is 2.30. The normalized spacial score (nSPS) is 14.9. The molecule has 6 heteroatoms. The molecular formula is C19H15NO5. The zero-order chi connectivity index (χ0) is 17.8. The van der Waals surface area contributed by atoms with Gasteiger partial charge in [-0.2, -0.15) is 0 Å². The number of nitrogens with zero attached hydrogens (tertiary/aromatic N) is 1. The Labute approximate surface area is 144 Å². The van der Waals surface area contributed by atoms with Crippen LogP contribution in [0.1, 0.15) is 18.1 Å². The van der Waals surface area contributed by atoms with Crippen LogP contribution < -0.4 is 9.47 Å². The quantitative estimate of drug-likeness (QED) is 0.487. The van der Waals surface area contributed by atoms with E-state index in [0.29, 0.717) is 17.1 Å². The van der Waals surface area contributed by atoms with Crippen LogP contribution in [0, 0.1) is 0 Å². The maximum absolute atomic E-state index is 12.1. The van der Waals surface area contributed by atoms with E-state index in [1.807, 2.05) is 12.1 Å². The molecule has 25 heavy (non-hydrogen) atoms. The van der Waals surface area contributed by atoms with Crippen molar-refractivity contribution in [2.75, 3.05) is 7.11 Å². The van der Waals surface area contributed by atoms with Gasteiger partial charge in [-0.05, 0) is 35.9 Å². The van der Waals surface area contributed by atoms with Gasteiger partial charge in [0.1, 0.15) is 11.5 Å². The van der Waals surface area contributed by atoms with Crippen molar-refractivity contribution in [1.82, 2.24) is 0 Å². The number of esters is 2. The molecule has 0 N–H and O–H groups in total. The first kappa shape index (κ1) is 16.4. The van der Waals surface area contributed by atoms with E-state index < -0.39 is 11.9 Å². The second-order valence-corrected chi connectivity index (χ2v) is 5.20. The Morgan fingerprint density at radius 1 is 1.12 bits per heavy atom. The number of para-hydroxylation sites is 1. The first-order chi connectivity index (χ1) is 12.1. The van der Waals surface area contributed by atoms with E-state index in [1.54, 1.807) is 42.5 Å². The van der Waals surface area contributed by atoms with Crippen LogP contribution in [0.25, 0.3) is 6.08 Å². The number of methoxy groups -OCH3 is 1. The highest BCUT2D eigenvalue weighted by Gasteiger charge is 2.26. The molecule has 0 saturated carbocycles. The molecule has 0 aromatic heterocycles. The number of ether oxygens (including phenoxy) is 3. The minimum absolute atomic E-state index is 0.182. The van der Waals surface area contributed by atoms with Crippen LogP contribution in [0.2, 0.25) is 0 Å². The first-order valence-electron chi connectivity index (χ1n) is 7.51. The third kappa shape index (κ3) is 3.74. The number of carbonyl (C=O) groups excluding carboxylic acids is 2. The van der Waals surface area contributed by atoms with Gasteiger partial charge in [-0.25, -0.2) is 9.79 Å². The molecule has 0 atom stereocenters. The monoisotopic (exact) mass is 337 g/mol. The molecule has 1 heterocycles. The summed E-state index contributed by atoms with van der Waals surface area (Å²) in [4.78, 5) is 27.2. The summed E-state index contributed by atoms with van der Waals surface area (Å²) in [5.41, 5.74) is 1.51. The summed E-state index contributed by atoms with van der Waals surface area (Å²) in [5, 5.41) is 0. The van der Waals surface area contributed by atoms with Crippen molar-refractivity contribution < 1.29 is 23.8 Å². The number of hydrogen-bond donors (Lipinski definition) is 0. The molecule has 0 spiro atoms. The average Bonchev–Trinajstić information content (AvgIpc) is 2.96. The Morgan fingerprint density at radius 2 is 1.84 bits per heavy atom. The Balaban J connectivity index is 1.87. The zero-order valence-corrected chi connectivity index (χ0v) is 13.7. The van der Waals surface area contributed by atoms with Gasteiger partial charge in [0, 0.05) is 6.92 Å². The van der Waals surface area contributed by atoms with Crippen molar-refractivity contribution in [3.63, 3.8) is 0 Å². The van der Waals surface area contributed by atoms with Crippen LogP contribution in [0.4, 0.5) is 0 Å². The SMILES string of the molecule is COc1ccccc1C1=N/C(=C/c2ccc(OC(C)=O)cc2)C(=O)O1. The number of carbonyl (C=O) groups is 2. The standard InChI is InChI=1S/C19H15NO5/c1-12(21)24-14-9-7-13(8-10-14)11-16-19(22)25-18(20-16)15-5-3-4-6-17(15)23-2/h3-11H,1-2H3/b16-11+. The molecule has 0 fully saturated rings. The number of cyclic esters (lactones) is 1. The van der Waals surface area contributed by atoms with Crippen molar-refractivity contribution in [1.29, 1.82) is 0 Å². The predicted octanol–water partition coefficient (Wildman–Crippen LogP) is 2.97. The smallest absolute Gasteiger partial charge is 0.363 e. The highest BCUT2D eigenvalue weighted by Crippen LogP contribution is 2.25. The predicted molar refractivity (Wildman–Crippen MR) is 91.4 cm³/mol. The van der Waals surface area contributed by atoms with E-state index in [-0.39, 0.29) is 11.6 Å². The van der Waals surface area contributed by atoms with Crippen molar-refractivity contribution in [3.05, 3.63) is 65.4 Å². The Kier molecular flexibility index (Phi) is 4.61. The molecule has 2 aromatic rings. The lowest BCUT2D eigenvalue weighted by atomic mass is 10.2. The summed E-state index contributed by atoms with van der Waals surface area (Å²) < 4.78 is 15.5. The number of aliphatic imine (C=N–C) groups is 1. The van der Waals surface area contributed by atoms with Crippen LogP contribution >= 0.6 is 0 Å². The summed E-state index contributed by atoms with van der Waals surface area (Å²) in [6, 6.07) is 13.9. The number of hydrogen-bond acceptors (Lipinski definition) is 6. The highest BCUT2D eigenvalue weighted by molar-refractivity contribution is 6.13. The van der Waals surface area contributed by atoms with Crippen molar-refractivity contribution in [2.45, 2.75) is 6.92 Å². The Hall–Kier alpha value is -3.41. The maximum Gasteiger partial charge on any atom is 0.363 e. The van der Waals surface area contributed by atoms with Gasteiger partial charge >= 0.3 is 11.9 Å². The lowest BCUT2D eigenvalue weighted by Gasteiger charge is -2.05. The number of benzene rings is 2. The fraction of sp³-hybridized carbons (Fsp3) is 0.105. The second kappa shape index (κ2) is 7.00. The van der Waals surface area contributed by atoms with E-state index in [9.17, 15) is 9.59 Å². The van der Waals surface area contributed by atoms with Gasteiger partial charge in [0.05, 0.1) is 12.7 Å². The van der Waals surface area contributed by atoms with Gasteiger partial charge < -0.3 is 14.2 Å². The van der Waals surface area contributed by atoms with Gasteiger partial charge in [-0.3, -0.25) is 4.79 Å². The van der Waals surface area contributed by atoms with E-state index in [2.05, 4.69) is 4.99 Å². The van der Waals surface area contributed by atoms with Crippen LogP contribution in [0.15, 0.2) is 59.2 Å². The highest BCUT2D eigenvalue weighted by atomic mass is 16.6. The molecule has 0 bridgehead atoms. The van der Waals surface area contributed by atoms with Crippen molar-refractivity contribution >= 4 is 23.9 Å². The second-order valence-electron chi connectivity index (χ2n) is 5.20. The molecule has 126 valence electrons. The van der Waals surface area contributed by atoms with E-state index in [1.165, 1.54) is 14.0 Å². The molecule has 0 radical (unpaired) electrons. The largest absolute Gasteiger partial charge is 0.496 e. The Morgan fingerprint density at radius 3 is 2.52 bits per heavy atom. The summed E-state index contributed by atoms with van der Waals surface area (Å²) in [6.07, 6.45) is 1.60. The van der Waals surface area contributed by atoms with Crippen LogP contribution in [0.3, 0.4) is 0 Å². The topological polar surface area (TPSA) is 74.2 Å². The summed E-state index contributed by atoms with van der Waals surface area (Å²) in [5.74, 6) is 0.273. The van der Waals surface area contributed by atoms with E-state index >= 15 is 0 Å². The molecule has 6 nitrogen and oxygen atoms in total. The molecule has 3 rings (SSSR count). The lowest BCUT2D eigenvalue weighted by Crippen LogP contribution is -2.06. The first-order valence-corrected chi connectivity index (χ1v) is 7.51. The van der Waals surface area contributed by atoms with Crippen LogP contribution in [-0.4, -0.2) is 24.9 Å². The summed E-state index contributed by atoms with van der Waals surface area (Å²) in [7, 11) is 1.54. The molecule has 1 aliphatic rings. The summed E-state index contributed by atoms with van der Waals surface area (Å²) in [6.45, 7) is 1.33. The minimum atomic E-state index is -0.537. The average molecular weight is 337 g/mol. The van der Waals surface area contributed by atoms with Gasteiger partial charge in [0.25, 0.3) is 0 Å². The van der Waals surface area contributed by atoms with Crippen LogP contribution in [-0.2, 0) is 14.3 Å². The molecular weight excluding hydrogens is 322 g/mol. The lowest BCUT2D eigenvalue weighted by molar-refractivity contribution is -0.132. The third-order valence-electron chi connectivity index (χ3n) is 3.40. The molecule has 0 aliphatic carbocycles. The van der Waals surface area contributed by atoms with E-state index in [4.69, 9.17) is 14.2 Å². The minimum Gasteiger partial charge on any atom is -0.496 e. The van der Waals surface area contributed by atoms with Gasteiger partial charge in [0.15, 0.2) is 5.70 Å². The molecule has 1 aliphatic heterocycles. The number of rotatable bonds is 4. The van der Waals surface area contributed by atoms with Crippen LogP contribution in [0.5, 0.6) is 11.5 Å². The van der Waals surface area contributed by atoms with E-state index in [0.717, 1.165) is 5.56 Å². The van der Waals surface area contributed by atoms with Gasteiger partial charge in [-0.1, -0.05) is 24.3 Å². The van der Waals surface area contributed by atoms with Crippen molar-refractivity contribution in [2.24, 2.45) is 4.99 Å². The summed E-state index contributed by atoms with van der Waals surface area (Å²) >= 11 is 0. The molecule has 0 unspecified atom stereocenters. The van der Waals surface area contributed by atoms with Gasteiger partial charge in [0.2, 0.25) is 5.90 Å². The fourth-order valence-corrected chi connectivity index (χ4v) is 2.30.